The van der Waals surface area contributed by atoms with Gasteiger partial charge in [0.05, 0.1) is 29.1 Å². The number of aromatic amines is 1. The smallest absolute Gasteiger partial charge is 0.348 e. The maximum Gasteiger partial charge on any atom is 0.348 e. The molecule has 4 rings (SSSR count). The third kappa shape index (κ3) is 3.78. The quantitative estimate of drug-likeness (QED) is 0.434. The number of H-pyrrole nitrogens is 1. The Kier molecular flexibility index (Phi) is 5.37. The van der Waals surface area contributed by atoms with E-state index in [-0.39, 0.29) is 29.2 Å². The van der Waals surface area contributed by atoms with Crippen LogP contribution >= 0.6 is 0 Å². The summed E-state index contributed by atoms with van der Waals surface area (Å²) in [4.78, 5) is 26.6. The van der Waals surface area contributed by atoms with Gasteiger partial charge in [-0.2, -0.15) is 15.3 Å². The van der Waals surface area contributed by atoms with E-state index in [9.17, 15) is 24.2 Å². The first-order chi connectivity index (χ1) is 15.4. The number of nitrogens with one attached hydrogen (secondary N) is 1. The van der Waals surface area contributed by atoms with Crippen LogP contribution in [-0.2, 0) is 6.54 Å². The van der Waals surface area contributed by atoms with Gasteiger partial charge >= 0.3 is 5.69 Å². The van der Waals surface area contributed by atoms with Crippen molar-refractivity contribution in [3.63, 3.8) is 0 Å². The van der Waals surface area contributed by atoms with Gasteiger partial charge in [0.1, 0.15) is 17.3 Å². The van der Waals surface area contributed by atoms with Gasteiger partial charge in [0.25, 0.3) is 5.91 Å². The molecule has 0 spiro atoms. The molecule has 1 amide bonds. The molecule has 0 atom stereocenters. The molecule has 162 valence electrons. The molecule has 0 aliphatic carbocycles. The molecule has 0 fully saturated rings. The van der Waals surface area contributed by atoms with Crippen LogP contribution in [0.1, 0.15) is 16.1 Å². The maximum absolute atomic E-state index is 14.3. The van der Waals surface area contributed by atoms with Crippen molar-refractivity contribution >= 4 is 5.91 Å². The average Bonchev–Trinajstić information content (AvgIpc) is 3.15. The lowest BCUT2D eigenvalue weighted by Gasteiger charge is -2.18. The van der Waals surface area contributed by atoms with Crippen LogP contribution in [0.5, 0.6) is 11.5 Å². The number of hydrogen-bond acceptors (Lipinski definition) is 7. The maximum atomic E-state index is 14.3. The zero-order chi connectivity index (χ0) is 22.8. The van der Waals surface area contributed by atoms with Gasteiger partial charge in [-0.15, -0.1) is 0 Å². The first kappa shape index (κ1) is 20.7. The summed E-state index contributed by atoms with van der Waals surface area (Å²) in [6, 6.07) is 11.1. The van der Waals surface area contributed by atoms with Crippen molar-refractivity contribution in [3.05, 3.63) is 82.3 Å². The molecule has 0 unspecified atom stereocenters. The summed E-state index contributed by atoms with van der Waals surface area (Å²) < 4.78 is 15.3. The summed E-state index contributed by atoms with van der Waals surface area (Å²) in [7, 11) is 1.51. The van der Waals surface area contributed by atoms with Gasteiger partial charge < -0.3 is 15.1 Å². The Labute approximate surface area is 180 Å². The Balaban J connectivity index is 1.77. The van der Waals surface area contributed by atoms with Crippen molar-refractivity contribution in [1.29, 1.82) is 0 Å². The van der Waals surface area contributed by atoms with E-state index in [4.69, 9.17) is 0 Å². The number of halogens is 1. The van der Waals surface area contributed by atoms with Crippen molar-refractivity contribution in [3.8, 4) is 28.6 Å². The largest absolute Gasteiger partial charge is 0.507 e. The topological polar surface area (TPSA) is 137 Å². The molecule has 11 heteroatoms. The number of hydrogen-bond donors (Lipinski definition) is 3. The predicted octanol–water partition coefficient (Wildman–Crippen LogP) is 1.84. The molecule has 0 radical (unpaired) electrons. The Morgan fingerprint density at radius 3 is 2.66 bits per heavy atom. The monoisotopic (exact) mass is 436 g/mol. The molecule has 3 N–H and O–H groups in total. The second-order valence-electron chi connectivity index (χ2n) is 6.90. The lowest BCUT2D eigenvalue weighted by molar-refractivity contribution is 0.0780. The average molecular weight is 436 g/mol. The van der Waals surface area contributed by atoms with E-state index in [0.29, 0.717) is 5.69 Å². The zero-order valence-corrected chi connectivity index (χ0v) is 16.7. The third-order valence-electron chi connectivity index (χ3n) is 4.72. The van der Waals surface area contributed by atoms with E-state index in [1.165, 1.54) is 48.5 Å². The highest BCUT2D eigenvalue weighted by molar-refractivity contribution is 5.98. The van der Waals surface area contributed by atoms with Crippen LogP contribution in [0.25, 0.3) is 17.1 Å². The minimum atomic E-state index is -0.745. The summed E-state index contributed by atoms with van der Waals surface area (Å²) in [5, 5.41) is 34.5. The minimum Gasteiger partial charge on any atom is -0.507 e. The Morgan fingerprint density at radius 2 is 1.94 bits per heavy atom. The number of amides is 1. The Morgan fingerprint density at radius 1 is 1.16 bits per heavy atom. The molecule has 10 nitrogen and oxygen atoms in total. The van der Waals surface area contributed by atoms with Crippen molar-refractivity contribution in [2.75, 3.05) is 7.05 Å². The number of rotatable bonds is 5. The van der Waals surface area contributed by atoms with Gasteiger partial charge in [0.15, 0.2) is 5.82 Å². The molecule has 0 saturated carbocycles. The lowest BCUT2D eigenvalue weighted by Crippen LogP contribution is -2.27. The van der Waals surface area contributed by atoms with Crippen LogP contribution in [-0.4, -0.2) is 53.0 Å². The summed E-state index contributed by atoms with van der Waals surface area (Å²) in [6.45, 7) is 0.116. The van der Waals surface area contributed by atoms with E-state index >= 15 is 0 Å². The number of aromatic nitrogens is 5. The second-order valence-corrected chi connectivity index (χ2v) is 6.90. The summed E-state index contributed by atoms with van der Waals surface area (Å²) >= 11 is 0. The highest BCUT2D eigenvalue weighted by Gasteiger charge is 2.24. The normalized spacial score (nSPS) is 10.8. The number of nitrogens with zero attached hydrogens (tertiary/aromatic N) is 5. The summed E-state index contributed by atoms with van der Waals surface area (Å²) in [6.07, 6.45) is 1.50. The molecule has 0 saturated heterocycles. The summed E-state index contributed by atoms with van der Waals surface area (Å²) in [5.41, 5.74) is -0.519. The predicted molar refractivity (Wildman–Crippen MR) is 111 cm³/mol. The highest BCUT2D eigenvalue weighted by atomic mass is 19.1. The fraction of sp³-hybridized carbons (Fsp3) is 0.0952. The van der Waals surface area contributed by atoms with Gasteiger partial charge in [-0.05, 0) is 30.3 Å². The van der Waals surface area contributed by atoms with Crippen LogP contribution in [0.2, 0.25) is 0 Å². The molecule has 2 heterocycles. The van der Waals surface area contributed by atoms with E-state index in [0.717, 1.165) is 10.6 Å². The number of phenols is 2. The van der Waals surface area contributed by atoms with Crippen LogP contribution in [0.3, 0.4) is 0 Å². The van der Waals surface area contributed by atoms with Gasteiger partial charge in [0, 0.05) is 19.3 Å². The Hall–Kier alpha value is -4.54. The lowest BCUT2D eigenvalue weighted by atomic mass is 10.1. The second kappa shape index (κ2) is 8.30. The van der Waals surface area contributed by atoms with E-state index < -0.39 is 28.9 Å². The highest BCUT2D eigenvalue weighted by Crippen LogP contribution is 2.35. The SMILES string of the molecule is CN(Cc1cccnn1)C(=O)c1cc(-c2n[nH]c(=O)n2-c2ccccc2F)c(O)cc1O. The minimum absolute atomic E-state index is 0.0549. The van der Waals surface area contributed by atoms with Gasteiger partial charge in [-0.25, -0.2) is 18.9 Å². The molecule has 2 aromatic carbocycles. The van der Waals surface area contributed by atoms with Crippen molar-refractivity contribution in [2.24, 2.45) is 0 Å². The number of phenolic OH excluding ortho intramolecular Hbond substituents is 2. The molecule has 2 aromatic heterocycles. The Bertz CT molecular complexity index is 1350. The van der Waals surface area contributed by atoms with E-state index in [1.54, 1.807) is 12.1 Å². The van der Waals surface area contributed by atoms with Crippen LogP contribution in [0, 0.1) is 5.82 Å². The van der Waals surface area contributed by atoms with Gasteiger partial charge in [0.2, 0.25) is 0 Å². The zero-order valence-electron chi connectivity index (χ0n) is 16.7. The fourth-order valence-corrected chi connectivity index (χ4v) is 3.20. The van der Waals surface area contributed by atoms with Crippen molar-refractivity contribution in [1.82, 2.24) is 29.9 Å². The van der Waals surface area contributed by atoms with Gasteiger partial charge in [-0.3, -0.25) is 4.79 Å². The number of para-hydroxylation sites is 1. The van der Waals surface area contributed by atoms with Crippen LogP contribution in [0.15, 0.2) is 59.5 Å². The fourth-order valence-electron chi connectivity index (χ4n) is 3.20. The van der Waals surface area contributed by atoms with Crippen LogP contribution < -0.4 is 5.69 Å². The number of carbonyl (C=O) groups excluding carboxylic acids is 1. The van der Waals surface area contributed by atoms with E-state index in [2.05, 4.69) is 20.4 Å². The first-order valence-corrected chi connectivity index (χ1v) is 9.37. The first-order valence-electron chi connectivity index (χ1n) is 9.37. The molecule has 0 aliphatic rings. The molecular formula is C21H17FN6O4. The molecular weight excluding hydrogens is 419 g/mol. The van der Waals surface area contributed by atoms with E-state index in [1.807, 2.05) is 0 Å². The number of carbonyl (C=O) groups is 1. The summed E-state index contributed by atoms with van der Waals surface area (Å²) in [5.74, 6) is -2.33. The van der Waals surface area contributed by atoms with Crippen molar-refractivity contribution in [2.45, 2.75) is 6.54 Å². The standard InChI is InChI=1S/C21H17FN6O4/c1-27(11-12-5-4-8-23-24-12)20(31)14-9-13(17(29)10-18(14)30)19-25-26-21(32)28(19)16-7-3-2-6-15(16)22/h2-10,29-30H,11H2,1H3,(H,26,32). The molecule has 4 aromatic rings. The molecule has 32 heavy (non-hydrogen) atoms. The third-order valence-corrected chi connectivity index (χ3v) is 4.72. The van der Waals surface area contributed by atoms with Crippen molar-refractivity contribution < 1.29 is 19.4 Å². The number of aromatic hydroxyl groups is 2. The van der Waals surface area contributed by atoms with Crippen LogP contribution in [0.4, 0.5) is 4.39 Å². The number of benzene rings is 2. The molecule has 0 bridgehead atoms. The van der Waals surface area contributed by atoms with Gasteiger partial charge in [-0.1, -0.05) is 12.1 Å². The molecule has 0 aliphatic heterocycles.